The Morgan fingerprint density at radius 2 is 1.79 bits per heavy atom. The highest BCUT2D eigenvalue weighted by Gasteiger charge is 2.29. The van der Waals surface area contributed by atoms with Gasteiger partial charge in [0.1, 0.15) is 16.9 Å². The molecule has 19 heavy (non-hydrogen) atoms. The summed E-state index contributed by atoms with van der Waals surface area (Å²) in [7, 11) is 0. The van der Waals surface area contributed by atoms with Gasteiger partial charge in [-0.3, -0.25) is 4.79 Å². The lowest BCUT2D eigenvalue weighted by atomic mass is 10.1. The van der Waals surface area contributed by atoms with E-state index in [2.05, 4.69) is 15.0 Å². The zero-order chi connectivity index (χ0) is 13.0. The Labute approximate surface area is 109 Å². The first-order valence-corrected chi connectivity index (χ1v) is 6.02. The molecular formula is C15H9N3O. The molecule has 0 amide bonds. The summed E-state index contributed by atoms with van der Waals surface area (Å²) < 4.78 is 0. The molecule has 3 aromatic rings. The second-order valence-corrected chi connectivity index (χ2v) is 4.65. The Kier molecular flexibility index (Phi) is 1.87. The van der Waals surface area contributed by atoms with Crippen LogP contribution in [-0.2, 0) is 0 Å². The first-order chi connectivity index (χ1) is 9.24. The molecule has 90 valence electrons. The summed E-state index contributed by atoms with van der Waals surface area (Å²) in [6.45, 7) is 1.94. The van der Waals surface area contributed by atoms with Gasteiger partial charge in [-0.1, -0.05) is 24.3 Å². The number of carbonyl (C=O) groups excluding carboxylic acids is 1. The van der Waals surface area contributed by atoms with Crippen LogP contribution < -0.4 is 0 Å². The van der Waals surface area contributed by atoms with E-state index in [1.54, 1.807) is 6.20 Å². The van der Waals surface area contributed by atoms with Gasteiger partial charge in [0.25, 0.3) is 0 Å². The van der Waals surface area contributed by atoms with Crippen LogP contribution >= 0.6 is 0 Å². The summed E-state index contributed by atoms with van der Waals surface area (Å²) in [5, 5.41) is 0. The van der Waals surface area contributed by atoms with E-state index in [1.807, 2.05) is 37.3 Å². The average molecular weight is 247 g/mol. The van der Waals surface area contributed by atoms with E-state index in [1.165, 1.54) is 0 Å². The van der Waals surface area contributed by atoms with Crippen molar-refractivity contribution in [3.8, 4) is 11.3 Å². The minimum absolute atomic E-state index is 0.0542. The first-order valence-electron chi connectivity index (χ1n) is 6.02. The van der Waals surface area contributed by atoms with Gasteiger partial charge in [-0.15, -0.1) is 0 Å². The zero-order valence-electron chi connectivity index (χ0n) is 10.2. The summed E-state index contributed by atoms with van der Waals surface area (Å²) >= 11 is 0. The fourth-order valence-corrected chi connectivity index (χ4v) is 2.41. The summed E-state index contributed by atoms with van der Waals surface area (Å²) in [6, 6.07) is 9.35. The lowest BCUT2D eigenvalue weighted by Crippen LogP contribution is -2.00. The molecule has 2 heterocycles. The number of benzene rings is 1. The molecule has 0 N–H and O–H groups in total. The van der Waals surface area contributed by atoms with E-state index in [-0.39, 0.29) is 5.78 Å². The van der Waals surface area contributed by atoms with Crippen molar-refractivity contribution in [3.05, 3.63) is 53.3 Å². The molecule has 1 aromatic carbocycles. The molecule has 0 aliphatic heterocycles. The number of hydrogen-bond donors (Lipinski definition) is 0. The third kappa shape index (κ3) is 1.34. The van der Waals surface area contributed by atoms with E-state index in [0.717, 1.165) is 11.1 Å². The molecule has 1 aliphatic carbocycles. The molecule has 4 nitrogen and oxygen atoms in total. The zero-order valence-corrected chi connectivity index (χ0v) is 10.2. The maximum atomic E-state index is 12.3. The smallest absolute Gasteiger partial charge is 0.214 e. The van der Waals surface area contributed by atoms with Crippen molar-refractivity contribution in [1.82, 2.24) is 15.0 Å². The minimum Gasteiger partial charge on any atom is -0.287 e. The van der Waals surface area contributed by atoms with Gasteiger partial charge in [0.05, 0.1) is 0 Å². The minimum atomic E-state index is -0.0542. The van der Waals surface area contributed by atoms with Crippen LogP contribution in [0.5, 0.6) is 0 Å². The van der Waals surface area contributed by atoms with Gasteiger partial charge in [0, 0.05) is 17.3 Å². The van der Waals surface area contributed by atoms with Gasteiger partial charge >= 0.3 is 0 Å². The number of fused-ring (bicyclic) bond motifs is 4. The maximum Gasteiger partial charge on any atom is 0.214 e. The van der Waals surface area contributed by atoms with Gasteiger partial charge in [0.2, 0.25) is 5.78 Å². The van der Waals surface area contributed by atoms with Crippen LogP contribution in [0, 0.1) is 6.92 Å². The molecule has 0 fully saturated rings. The van der Waals surface area contributed by atoms with Crippen molar-refractivity contribution in [1.29, 1.82) is 0 Å². The summed E-state index contributed by atoms with van der Waals surface area (Å²) in [6.07, 6.45) is 1.76. The molecule has 4 rings (SSSR count). The predicted octanol–water partition coefficient (Wildman–Crippen LogP) is 2.54. The molecule has 1 aliphatic rings. The van der Waals surface area contributed by atoms with Crippen LogP contribution in [0.25, 0.3) is 22.4 Å². The van der Waals surface area contributed by atoms with Gasteiger partial charge in [-0.05, 0) is 18.6 Å². The molecule has 4 heteroatoms. The number of aryl methyl sites for hydroxylation is 1. The second-order valence-electron chi connectivity index (χ2n) is 4.65. The third-order valence-corrected chi connectivity index (χ3v) is 3.30. The molecule has 0 bridgehead atoms. The Balaban J connectivity index is 2.11. The van der Waals surface area contributed by atoms with E-state index in [0.29, 0.717) is 28.1 Å². The third-order valence-electron chi connectivity index (χ3n) is 3.30. The SMILES string of the molecule is Cc1cnc2nc3c(nc2c1)C(=O)c1ccccc1-3. The quantitative estimate of drug-likeness (QED) is 0.479. The highest BCUT2D eigenvalue weighted by Crippen LogP contribution is 2.34. The molecule has 0 saturated heterocycles. The Morgan fingerprint density at radius 3 is 2.63 bits per heavy atom. The monoisotopic (exact) mass is 247 g/mol. The van der Waals surface area contributed by atoms with Crippen LogP contribution in [0.2, 0.25) is 0 Å². The standard InChI is InChI=1S/C15H9N3O/c1-8-6-11-15(16-7-8)18-12-9-4-2-3-5-10(9)14(19)13(12)17-11/h2-7H,1H3. The fraction of sp³-hybridized carbons (Fsp3) is 0.0667. The highest BCUT2D eigenvalue weighted by atomic mass is 16.1. The maximum absolute atomic E-state index is 12.3. The lowest BCUT2D eigenvalue weighted by molar-refractivity contribution is 0.103. The predicted molar refractivity (Wildman–Crippen MR) is 70.9 cm³/mol. The van der Waals surface area contributed by atoms with Crippen molar-refractivity contribution >= 4 is 16.9 Å². The van der Waals surface area contributed by atoms with Crippen molar-refractivity contribution < 1.29 is 4.79 Å². The topological polar surface area (TPSA) is 55.7 Å². The molecule has 0 atom stereocenters. The van der Waals surface area contributed by atoms with Gasteiger partial charge in [0.15, 0.2) is 5.65 Å². The second kappa shape index (κ2) is 3.45. The Morgan fingerprint density at radius 1 is 1.00 bits per heavy atom. The highest BCUT2D eigenvalue weighted by molar-refractivity contribution is 6.20. The summed E-state index contributed by atoms with van der Waals surface area (Å²) in [4.78, 5) is 25.5. The van der Waals surface area contributed by atoms with Crippen LogP contribution in [0.4, 0.5) is 0 Å². The van der Waals surface area contributed by atoms with Crippen LogP contribution in [-0.4, -0.2) is 20.7 Å². The molecule has 2 aromatic heterocycles. The average Bonchev–Trinajstić information content (AvgIpc) is 2.70. The number of hydrogen-bond acceptors (Lipinski definition) is 4. The molecule has 0 radical (unpaired) electrons. The van der Waals surface area contributed by atoms with Gasteiger partial charge in [-0.25, -0.2) is 15.0 Å². The molecule has 0 saturated carbocycles. The number of rotatable bonds is 0. The fourth-order valence-electron chi connectivity index (χ4n) is 2.41. The Hall–Kier alpha value is -2.62. The van der Waals surface area contributed by atoms with Gasteiger partial charge < -0.3 is 0 Å². The largest absolute Gasteiger partial charge is 0.287 e. The van der Waals surface area contributed by atoms with Crippen LogP contribution in [0.15, 0.2) is 36.5 Å². The lowest BCUT2D eigenvalue weighted by Gasteiger charge is -2.01. The normalized spacial score (nSPS) is 12.6. The van der Waals surface area contributed by atoms with E-state index >= 15 is 0 Å². The van der Waals surface area contributed by atoms with E-state index in [9.17, 15) is 4.79 Å². The first kappa shape index (κ1) is 10.3. The number of aromatic nitrogens is 3. The number of carbonyl (C=O) groups is 1. The Bertz CT molecular complexity index is 855. The van der Waals surface area contributed by atoms with Crippen LogP contribution in [0.3, 0.4) is 0 Å². The van der Waals surface area contributed by atoms with Crippen LogP contribution in [0.1, 0.15) is 21.6 Å². The van der Waals surface area contributed by atoms with Crippen molar-refractivity contribution in [2.75, 3.05) is 0 Å². The molecule has 0 unspecified atom stereocenters. The summed E-state index contributed by atoms with van der Waals surface area (Å²) in [5.41, 5.74) is 4.84. The van der Waals surface area contributed by atoms with Gasteiger partial charge in [-0.2, -0.15) is 0 Å². The van der Waals surface area contributed by atoms with Crippen molar-refractivity contribution in [3.63, 3.8) is 0 Å². The summed E-state index contributed by atoms with van der Waals surface area (Å²) in [5.74, 6) is -0.0542. The van der Waals surface area contributed by atoms with E-state index in [4.69, 9.17) is 0 Å². The molecule has 0 spiro atoms. The molecular weight excluding hydrogens is 238 g/mol. The van der Waals surface area contributed by atoms with Crippen molar-refractivity contribution in [2.45, 2.75) is 6.92 Å². The van der Waals surface area contributed by atoms with Crippen molar-refractivity contribution in [2.24, 2.45) is 0 Å². The number of pyridine rings is 1. The van der Waals surface area contributed by atoms with E-state index < -0.39 is 0 Å². The number of nitrogens with zero attached hydrogens (tertiary/aromatic N) is 3. The number of ketones is 1.